The van der Waals surface area contributed by atoms with Gasteiger partial charge in [-0.05, 0) is 37.8 Å². The monoisotopic (exact) mass is 403 g/mol. The first-order valence-corrected chi connectivity index (χ1v) is 10.4. The van der Waals surface area contributed by atoms with E-state index < -0.39 is 5.82 Å². The van der Waals surface area contributed by atoms with E-state index in [2.05, 4.69) is 4.98 Å². The predicted octanol–water partition coefficient (Wildman–Crippen LogP) is 2.16. The highest BCUT2D eigenvalue weighted by molar-refractivity contribution is 6.05. The number of ether oxygens (including phenoxy) is 1. The molecular weight excluding hydrogens is 377 g/mol. The van der Waals surface area contributed by atoms with E-state index >= 15 is 0 Å². The fraction of sp³-hybridized carbons (Fsp3) is 0.619. The molecule has 0 bridgehead atoms. The Kier molecular flexibility index (Phi) is 5.78. The van der Waals surface area contributed by atoms with Crippen molar-refractivity contribution in [3.63, 3.8) is 0 Å². The molecule has 4 rings (SSSR count). The van der Waals surface area contributed by atoms with Gasteiger partial charge in [0.2, 0.25) is 17.7 Å². The van der Waals surface area contributed by atoms with E-state index in [1.807, 2.05) is 0 Å². The van der Waals surface area contributed by atoms with Crippen molar-refractivity contribution in [2.45, 2.75) is 51.0 Å². The molecule has 1 aromatic heterocycles. The summed E-state index contributed by atoms with van der Waals surface area (Å²) in [6, 6.07) is 2.78. The molecular formula is C21H26FN3O4. The Morgan fingerprint density at radius 2 is 1.86 bits per heavy atom. The van der Waals surface area contributed by atoms with Crippen LogP contribution in [0.5, 0.6) is 5.88 Å². The summed E-state index contributed by atoms with van der Waals surface area (Å²) < 4.78 is 19.4. The van der Waals surface area contributed by atoms with Crippen molar-refractivity contribution >= 4 is 17.7 Å². The van der Waals surface area contributed by atoms with Crippen LogP contribution in [0.3, 0.4) is 0 Å². The third-order valence-electron chi connectivity index (χ3n) is 6.22. The number of carbonyl (C=O) groups excluding carboxylic acids is 3. The van der Waals surface area contributed by atoms with E-state index in [1.165, 1.54) is 23.2 Å². The van der Waals surface area contributed by atoms with Gasteiger partial charge in [0.25, 0.3) is 5.88 Å². The van der Waals surface area contributed by atoms with E-state index in [0.29, 0.717) is 19.5 Å². The fourth-order valence-electron chi connectivity index (χ4n) is 4.69. The fourth-order valence-corrected chi connectivity index (χ4v) is 4.69. The van der Waals surface area contributed by atoms with Gasteiger partial charge in [-0.3, -0.25) is 19.3 Å². The molecule has 3 heterocycles. The molecule has 7 nitrogen and oxygen atoms in total. The number of hydrogen-bond donors (Lipinski definition) is 0. The van der Waals surface area contributed by atoms with Crippen LogP contribution in [0.1, 0.15) is 44.9 Å². The quantitative estimate of drug-likeness (QED) is 0.704. The number of piperidine rings is 1. The highest BCUT2D eigenvalue weighted by Crippen LogP contribution is 2.38. The van der Waals surface area contributed by atoms with Crippen molar-refractivity contribution < 1.29 is 23.5 Å². The van der Waals surface area contributed by atoms with Crippen molar-refractivity contribution in [1.82, 2.24) is 14.8 Å². The van der Waals surface area contributed by atoms with Gasteiger partial charge < -0.3 is 9.64 Å². The molecule has 0 unspecified atom stereocenters. The zero-order chi connectivity index (χ0) is 20.4. The number of aromatic nitrogens is 1. The largest absolute Gasteiger partial charge is 0.470 e. The minimum absolute atomic E-state index is 0.0531. The molecule has 29 heavy (non-hydrogen) atoms. The Bertz CT molecular complexity index is 778. The Labute approximate surface area is 169 Å². The minimum Gasteiger partial charge on any atom is -0.470 e. The van der Waals surface area contributed by atoms with E-state index in [4.69, 9.17) is 4.74 Å². The Hall–Kier alpha value is -2.51. The predicted molar refractivity (Wildman–Crippen MR) is 101 cm³/mol. The SMILES string of the molecule is O=C(CCN1C(=O)[C@@H]2CCCC[C@H]2C1=O)N1CCC[C@H](Oc2ncccc2F)C1. The highest BCUT2D eigenvalue weighted by atomic mass is 19.1. The number of imide groups is 1. The Morgan fingerprint density at radius 3 is 2.55 bits per heavy atom. The van der Waals surface area contributed by atoms with Crippen LogP contribution in [0, 0.1) is 17.7 Å². The second kappa shape index (κ2) is 8.47. The van der Waals surface area contributed by atoms with Crippen LogP contribution in [0.15, 0.2) is 18.3 Å². The Morgan fingerprint density at radius 1 is 1.14 bits per heavy atom. The van der Waals surface area contributed by atoms with Crippen LogP contribution in [-0.4, -0.2) is 58.2 Å². The average Bonchev–Trinajstić information content (AvgIpc) is 2.98. The second-order valence-corrected chi connectivity index (χ2v) is 8.09. The molecule has 2 aliphatic heterocycles. The molecule has 1 aliphatic carbocycles. The lowest BCUT2D eigenvalue weighted by molar-refractivity contribution is -0.141. The van der Waals surface area contributed by atoms with Gasteiger partial charge in [0.05, 0.1) is 18.4 Å². The van der Waals surface area contributed by atoms with E-state index in [-0.39, 0.29) is 54.5 Å². The van der Waals surface area contributed by atoms with Gasteiger partial charge in [-0.1, -0.05) is 12.8 Å². The number of likely N-dealkylation sites (tertiary alicyclic amines) is 2. The molecule has 0 N–H and O–H groups in total. The topological polar surface area (TPSA) is 79.8 Å². The summed E-state index contributed by atoms with van der Waals surface area (Å²) in [6.45, 7) is 1.08. The van der Waals surface area contributed by atoms with E-state index in [9.17, 15) is 18.8 Å². The number of pyridine rings is 1. The molecule has 3 fully saturated rings. The van der Waals surface area contributed by atoms with Crippen LogP contribution >= 0.6 is 0 Å². The summed E-state index contributed by atoms with van der Waals surface area (Å²) in [6.07, 6.45) is 6.23. The van der Waals surface area contributed by atoms with Gasteiger partial charge in [-0.15, -0.1) is 0 Å². The number of fused-ring (bicyclic) bond motifs is 1. The second-order valence-electron chi connectivity index (χ2n) is 8.09. The lowest BCUT2D eigenvalue weighted by Crippen LogP contribution is -2.45. The van der Waals surface area contributed by atoms with Crippen LogP contribution in [0.25, 0.3) is 0 Å². The zero-order valence-electron chi connectivity index (χ0n) is 16.4. The van der Waals surface area contributed by atoms with Gasteiger partial charge in [0.1, 0.15) is 6.10 Å². The first kappa shape index (κ1) is 19.8. The molecule has 1 aromatic rings. The lowest BCUT2D eigenvalue weighted by Gasteiger charge is -2.33. The maximum absolute atomic E-state index is 13.8. The zero-order valence-corrected chi connectivity index (χ0v) is 16.4. The van der Waals surface area contributed by atoms with Gasteiger partial charge in [-0.25, -0.2) is 9.37 Å². The third-order valence-corrected chi connectivity index (χ3v) is 6.22. The summed E-state index contributed by atoms with van der Waals surface area (Å²) in [5, 5.41) is 0. The molecule has 3 amide bonds. The summed E-state index contributed by atoms with van der Waals surface area (Å²) in [5.74, 6) is -1.29. The lowest BCUT2D eigenvalue weighted by atomic mass is 9.81. The normalized spacial score (nSPS) is 27.1. The first-order chi connectivity index (χ1) is 14.0. The summed E-state index contributed by atoms with van der Waals surface area (Å²) in [7, 11) is 0. The molecule has 0 spiro atoms. The van der Waals surface area contributed by atoms with Crippen LogP contribution in [0.4, 0.5) is 4.39 Å². The van der Waals surface area contributed by atoms with E-state index in [0.717, 1.165) is 32.1 Å². The number of halogens is 1. The maximum Gasteiger partial charge on any atom is 0.250 e. The number of nitrogens with zero attached hydrogens (tertiary/aromatic N) is 3. The molecule has 156 valence electrons. The molecule has 8 heteroatoms. The highest BCUT2D eigenvalue weighted by Gasteiger charge is 2.47. The minimum atomic E-state index is -0.525. The van der Waals surface area contributed by atoms with Crippen LogP contribution in [0.2, 0.25) is 0 Å². The molecule has 2 saturated heterocycles. The number of rotatable bonds is 5. The van der Waals surface area contributed by atoms with E-state index in [1.54, 1.807) is 4.90 Å². The van der Waals surface area contributed by atoms with Gasteiger partial charge >= 0.3 is 0 Å². The van der Waals surface area contributed by atoms with Crippen molar-refractivity contribution in [2.24, 2.45) is 11.8 Å². The van der Waals surface area contributed by atoms with Gasteiger partial charge in [0, 0.05) is 25.7 Å². The van der Waals surface area contributed by atoms with Crippen molar-refractivity contribution in [3.05, 3.63) is 24.1 Å². The van der Waals surface area contributed by atoms with Crippen LogP contribution in [-0.2, 0) is 14.4 Å². The van der Waals surface area contributed by atoms with Crippen LogP contribution < -0.4 is 4.74 Å². The Balaban J connectivity index is 1.31. The van der Waals surface area contributed by atoms with Crippen molar-refractivity contribution in [2.75, 3.05) is 19.6 Å². The summed E-state index contributed by atoms with van der Waals surface area (Å²) in [4.78, 5) is 44.6. The number of hydrogen-bond acceptors (Lipinski definition) is 5. The smallest absolute Gasteiger partial charge is 0.250 e. The van der Waals surface area contributed by atoms with Gasteiger partial charge in [-0.2, -0.15) is 0 Å². The third kappa shape index (κ3) is 4.11. The molecule has 1 saturated carbocycles. The summed E-state index contributed by atoms with van der Waals surface area (Å²) in [5.41, 5.74) is 0. The first-order valence-electron chi connectivity index (χ1n) is 10.4. The average molecular weight is 403 g/mol. The molecule has 0 radical (unpaired) electrons. The number of carbonyl (C=O) groups is 3. The molecule has 3 atom stereocenters. The molecule has 0 aromatic carbocycles. The maximum atomic E-state index is 13.8. The van der Waals surface area contributed by atoms with Gasteiger partial charge in [0.15, 0.2) is 5.82 Å². The number of amides is 3. The van der Waals surface area contributed by atoms with Crippen molar-refractivity contribution in [3.8, 4) is 5.88 Å². The standard InChI is InChI=1S/C21H26FN3O4/c22-17-8-3-10-23-19(17)29-14-5-4-11-24(13-14)18(26)9-12-25-20(27)15-6-1-2-7-16(15)21(25)28/h3,8,10,14-16H,1-2,4-7,9,11-13H2/t14-,15+,16+/m0/s1. The van der Waals surface area contributed by atoms with Crippen molar-refractivity contribution in [1.29, 1.82) is 0 Å². The molecule has 3 aliphatic rings. The summed E-state index contributed by atoms with van der Waals surface area (Å²) >= 11 is 0.